The van der Waals surface area contributed by atoms with E-state index in [2.05, 4.69) is 12.2 Å². The Morgan fingerprint density at radius 2 is 1.69 bits per heavy atom. The second kappa shape index (κ2) is 9.24. The monoisotopic (exact) mass is 381 g/mol. The third kappa shape index (κ3) is 4.68. The van der Waals surface area contributed by atoms with Crippen LogP contribution in [0.1, 0.15) is 19.4 Å². The fourth-order valence-electron chi connectivity index (χ4n) is 3.18. The molecule has 1 atom stereocenters. The standard InChI is InChI=1S/C19H27N3O3.ClH/c1-3-15-4-6-17(7-5-15)25-14(2)18(23)21-8-10-22(11-9-21)19(24)16-12-20-13-16;/h4-7,14,16,20H,3,8-13H2,1-2H3;1H. The molecular weight excluding hydrogens is 354 g/mol. The van der Waals surface area contributed by atoms with Crippen molar-refractivity contribution in [2.75, 3.05) is 39.3 Å². The molecule has 2 fully saturated rings. The Labute approximate surface area is 161 Å². The number of nitrogens with zero attached hydrogens (tertiary/aromatic N) is 2. The van der Waals surface area contributed by atoms with Crippen LogP contribution in [0.4, 0.5) is 0 Å². The molecule has 0 aliphatic carbocycles. The Balaban J connectivity index is 0.00000243. The number of halogens is 1. The number of hydrogen-bond donors (Lipinski definition) is 1. The highest BCUT2D eigenvalue weighted by atomic mass is 35.5. The lowest BCUT2D eigenvalue weighted by molar-refractivity contribution is -0.146. The van der Waals surface area contributed by atoms with E-state index in [1.165, 1.54) is 5.56 Å². The minimum atomic E-state index is -0.523. The summed E-state index contributed by atoms with van der Waals surface area (Å²) in [5.74, 6) is 1.03. The molecule has 0 aromatic heterocycles. The number of nitrogens with one attached hydrogen (secondary N) is 1. The number of carbonyl (C=O) groups is 2. The first-order chi connectivity index (χ1) is 12.1. The molecule has 1 aromatic rings. The molecule has 2 saturated heterocycles. The third-order valence-electron chi connectivity index (χ3n) is 5.03. The largest absolute Gasteiger partial charge is 0.481 e. The summed E-state index contributed by atoms with van der Waals surface area (Å²) in [5.41, 5.74) is 1.24. The lowest BCUT2D eigenvalue weighted by Crippen LogP contribution is -2.58. The minimum absolute atomic E-state index is 0. The van der Waals surface area contributed by atoms with Gasteiger partial charge in [-0.15, -0.1) is 12.4 Å². The number of amides is 2. The zero-order valence-electron chi connectivity index (χ0n) is 15.4. The van der Waals surface area contributed by atoms with Crippen molar-refractivity contribution < 1.29 is 14.3 Å². The van der Waals surface area contributed by atoms with Crippen molar-refractivity contribution in [1.82, 2.24) is 15.1 Å². The van der Waals surface area contributed by atoms with Crippen LogP contribution in [0.15, 0.2) is 24.3 Å². The number of benzene rings is 1. The molecule has 0 radical (unpaired) electrons. The smallest absolute Gasteiger partial charge is 0.263 e. The van der Waals surface area contributed by atoms with Gasteiger partial charge in [-0.25, -0.2) is 0 Å². The number of ether oxygens (including phenoxy) is 1. The van der Waals surface area contributed by atoms with E-state index in [4.69, 9.17) is 4.74 Å². The maximum absolute atomic E-state index is 12.6. The van der Waals surface area contributed by atoms with Crippen LogP contribution in [0.2, 0.25) is 0 Å². The number of rotatable bonds is 5. The molecule has 0 saturated carbocycles. The van der Waals surface area contributed by atoms with Crippen LogP contribution in [-0.2, 0) is 16.0 Å². The first kappa shape index (κ1) is 20.5. The van der Waals surface area contributed by atoms with Gasteiger partial charge in [0.2, 0.25) is 5.91 Å². The van der Waals surface area contributed by atoms with Crippen molar-refractivity contribution in [2.45, 2.75) is 26.4 Å². The molecule has 2 aliphatic heterocycles. The Hall–Kier alpha value is -1.79. The van der Waals surface area contributed by atoms with Crippen LogP contribution < -0.4 is 10.1 Å². The molecule has 2 heterocycles. The van der Waals surface area contributed by atoms with Crippen molar-refractivity contribution in [3.63, 3.8) is 0 Å². The van der Waals surface area contributed by atoms with E-state index in [1.807, 2.05) is 29.2 Å². The van der Waals surface area contributed by atoms with Crippen LogP contribution in [-0.4, -0.2) is 67.0 Å². The van der Waals surface area contributed by atoms with Crippen LogP contribution >= 0.6 is 12.4 Å². The van der Waals surface area contributed by atoms with Gasteiger partial charge in [0.1, 0.15) is 5.75 Å². The fraction of sp³-hybridized carbons (Fsp3) is 0.579. The van der Waals surface area contributed by atoms with Gasteiger partial charge in [0.25, 0.3) is 5.91 Å². The lowest BCUT2D eigenvalue weighted by atomic mass is 10.0. The molecule has 1 unspecified atom stereocenters. The summed E-state index contributed by atoms with van der Waals surface area (Å²) >= 11 is 0. The maximum Gasteiger partial charge on any atom is 0.263 e. The maximum atomic E-state index is 12.6. The van der Waals surface area contributed by atoms with Gasteiger partial charge >= 0.3 is 0 Å². The van der Waals surface area contributed by atoms with E-state index < -0.39 is 6.10 Å². The number of carbonyl (C=O) groups excluding carboxylic acids is 2. The first-order valence-electron chi connectivity index (χ1n) is 9.12. The number of piperazine rings is 1. The second-order valence-electron chi connectivity index (χ2n) is 6.76. The predicted octanol–water partition coefficient (Wildman–Crippen LogP) is 1.33. The molecule has 1 aromatic carbocycles. The normalized spacial score (nSPS) is 18.5. The average molecular weight is 382 g/mol. The van der Waals surface area contributed by atoms with Crippen molar-refractivity contribution in [3.8, 4) is 5.75 Å². The Morgan fingerprint density at radius 3 is 2.19 bits per heavy atom. The second-order valence-corrected chi connectivity index (χ2v) is 6.76. The highest BCUT2D eigenvalue weighted by molar-refractivity contribution is 5.85. The molecule has 2 amide bonds. The van der Waals surface area contributed by atoms with Crippen molar-refractivity contribution in [1.29, 1.82) is 0 Å². The molecule has 0 bridgehead atoms. The highest BCUT2D eigenvalue weighted by Gasteiger charge is 2.33. The quantitative estimate of drug-likeness (QED) is 0.835. The first-order valence-corrected chi connectivity index (χ1v) is 9.12. The molecule has 7 heteroatoms. The van der Waals surface area contributed by atoms with Crippen LogP contribution in [0.3, 0.4) is 0 Å². The van der Waals surface area contributed by atoms with Crippen LogP contribution in [0.5, 0.6) is 5.75 Å². The predicted molar refractivity (Wildman–Crippen MR) is 103 cm³/mol. The zero-order chi connectivity index (χ0) is 17.8. The Morgan fingerprint density at radius 1 is 1.12 bits per heavy atom. The summed E-state index contributed by atoms with van der Waals surface area (Å²) in [6.07, 6.45) is 0.458. The highest BCUT2D eigenvalue weighted by Crippen LogP contribution is 2.16. The van der Waals surface area contributed by atoms with Crippen LogP contribution in [0, 0.1) is 5.92 Å². The zero-order valence-corrected chi connectivity index (χ0v) is 16.3. The fourth-order valence-corrected chi connectivity index (χ4v) is 3.18. The Bertz CT molecular complexity index is 611. The van der Waals surface area contributed by atoms with Crippen molar-refractivity contribution >= 4 is 24.2 Å². The molecule has 1 N–H and O–H groups in total. The average Bonchev–Trinajstić information content (AvgIpc) is 2.60. The summed E-state index contributed by atoms with van der Waals surface area (Å²) in [5, 5.41) is 3.12. The van der Waals surface area contributed by atoms with Crippen molar-refractivity contribution in [3.05, 3.63) is 29.8 Å². The molecular formula is C19H28ClN3O3. The van der Waals surface area contributed by atoms with E-state index in [1.54, 1.807) is 11.8 Å². The van der Waals surface area contributed by atoms with E-state index in [-0.39, 0.29) is 30.1 Å². The molecule has 26 heavy (non-hydrogen) atoms. The third-order valence-corrected chi connectivity index (χ3v) is 5.03. The lowest BCUT2D eigenvalue weighted by Gasteiger charge is -2.39. The number of aryl methyl sites for hydroxylation is 1. The summed E-state index contributed by atoms with van der Waals surface area (Å²) in [4.78, 5) is 28.5. The summed E-state index contributed by atoms with van der Waals surface area (Å²) in [6.45, 7) is 7.82. The van der Waals surface area contributed by atoms with Crippen LogP contribution in [0.25, 0.3) is 0 Å². The van der Waals surface area contributed by atoms with Gasteiger partial charge in [0, 0.05) is 39.3 Å². The topological polar surface area (TPSA) is 61.9 Å². The molecule has 6 nitrogen and oxygen atoms in total. The molecule has 0 spiro atoms. The molecule has 2 aliphatic rings. The van der Waals surface area contributed by atoms with Gasteiger partial charge in [-0.1, -0.05) is 19.1 Å². The summed E-state index contributed by atoms with van der Waals surface area (Å²) < 4.78 is 5.79. The number of hydrogen-bond acceptors (Lipinski definition) is 4. The Kier molecular flexibility index (Phi) is 7.29. The van der Waals surface area contributed by atoms with Gasteiger partial charge < -0.3 is 19.9 Å². The van der Waals surface area contributed by atoms with Crippen molar-refractivity contribution in [2.24, 2.45) is 5.92 Å². The molecule has 3 rings (SSSR count). The van der Waals surface area contributed by atoms with Gasteiger partial charge in [-0.05, 0) is 31.0 Å². The minimum Gasteiger partial charge on any atom is -0.481 e. The van der Waals surface area contributed by atoms with E-state index in [0.717, 1.165) is 19.5 Å². The van der Waals surface area contributed by atoms with E-state index >= 15 is 0 Å². The van der Waals surface area contributed by atoms with Gasteiger partial charge in [0.15, 0.2) is 6.10 Å². The van der Waals surface area contributed by atoms with E-state index in [0.29, 0.717) is 31.9 Å². The van der Waals surface area contributed by atoms with Gasteiger partial charge in [-0.3, -0.25) is 9.59 Å². The summed E-state index contributed by atoms with van der Waals surface area (Å²) in [6, 6.07) is 7.86. The van der Waals surface area contributed by atoms with Gasteiger partial charge in [-0.2, -0.15) is 0 Å². The summed E-state index contributed by atoms with van der Waals surface area (Å²) in [7, 11) is 0. The van der Waals surface area contributed by atoms with Gasteiger partial charge in [0.05, 0.1) is 5.92 Å². The van der Waals surface area contributed by atoms with E-state index in [9.17, 15) is 9.59 Å². The SMILES string of the molecule is CCc1ccc(OC(C)C(=O)N2CCN(C(=O)C3CNC3)CC2)cc1.Cl. The molecule has 144 valence electrons.